The molecule has 0 fully saturated rings. The number of rotatable bonds is 10. The lowest BCUT2D eigenvalue weighted by Crippen LogP contribution is -2.38. The number of carbonyl (C=O) groups excluding carboxylic acids is 2. The highest BCUT2D eigenvalue weighted by atomic mass is 35.5. The van der Waals surface area contributed by atoms with Crippen LogP contribution in [0.2, 0.25) is 5.02 Å². The van der Waals surface area contributed by atoms with Gasteiger partial charge < -0.3 is 20.1 Å². The number of aliphatic hydroxyl groups excluding tert-OH is 1. The van der Waals surface area contributed by atoms with Crippen LogP contribution in [0.5, 0.6) is 0 Å². The number of esters is 1. The Bertz CT molecular complexity index is 1080. The maximum atomic E-state index is 13.0. The SMILES string of the molecule is CNC(=O)[C@H](CC(C)C)C[C@H](O)[C@H](Cc1ccccc1)OC(=O)c1cc2cc(Cl)ccc2[nH]1. The van der Waals surface area contributed by atoms with Gasteiger partial charge in [-0.2, -0.15) is 0 Å². The summed E-state index contributed by atoms with van der Waals surface area (Å²) in [6, 6.07) is 16.5. The van der Waals surface area contributed by atoms with E-state index >= 15 is 0 Å². The van der Waals surface area contributed by atoms with Crippen molar-refractivity contribution in [3.8, 4) is 0 Å². The predicted octanol–water partition coefficient (Wildman–Crippen LogP) is 4.75. The number of ether oxygens (including phenoxy) is 1. The first-order chi connectivity index (χ1) is 15.8. The molecular weight excluding hydrogens is 440 g/mol. The minimum atomic E-state index is -1.01. The Morgan fingerprint density at radius 3 is 2.48 bits per heavy atom. The van der Waals surface area contributed by atoms with Crippen LogP contribution < -0.4 is 5.32 Å². The van der Waals surface area contributed by atoms with Gasteiger partial charge >= 0.3 is 5.97 Å². The lowest BCUT2D eigenvalue weighted by Gasteiger charge is -2.27. The first kappa shape index (κ1) is 24.8. The number of carbonyl (C=O) groups is 2. The molecule has 6 nitrogen and oxygen atoms in total. The van der Waals surface area contributed by atoms with E-state index < -0.39 is 18.2 Å². The number of halogens is 1. The number of hydrogen-bond acceptors (Lipinski definition) is 4. The molecule has 0 unspecified atom stereocenters. The summed E-state index contributed by atoms with van der Waals surface area (Å²) in [5.74, 6) is -0.785. The monoisotopic (exact) mass is 470 g/mol. The van der Waals surface area contributed by atoms with Gasteiger partial charge in [-0.05, 0) is 48.6 Å². The van der Waals surface area contributed by atoms with Gasteiger partial charge in [0.25, 0.3) is 0 Å². The van der Waals surface area contributed by atoms with Crippen LogP contribution in [0.15, 0.2) is 54.6 Å². The van der Waals surface area contributed by atoms with Gasteiger partial charge in [0.1, 0.15) is 11.8 Å². The highest BCUT2D eigenvalue weighted by Gasteiger charge is 2.30. The summed E-state index contributed by atoms with van der Waals surface area (Å²) >= 11 is 6.05. The fraction of sp³-hybridized carbons (Fsp3) is 0.385. The molecule has 0 saturated carbocycles. The summed E-state index contributed by atoms with van der Waals surface area (Å²) < 4.78 is 5.80. The van der Waals surface area contributed by atoms with Gasteiger partial charge in [0.2, 0.25) is 5.91 Å². The second-order valence-corrected chi connectivity index (χ2v) is 9.23. The molecule has 1 amide bonds. The molecule has 0 aliphatic heterocycles. The van der Waals surface area contributed by atoms with Gasteiger partial charge in [-0.3, -0.25) is 4.79 Å². The molecule has 1 aromatic heterocycles. The Labute approximate surface area is 199 Å². The van der Waals surface area contributed by atoms with Gasteiger partial charge in [-0.1, -0.05) is 55.8 Å². The number of hydrogen-bond donors (Lipinski definition) is 3. The van der Waals surface area contributed by atoms with E-state index in [1.54, 1.807) is 31.3 Å². The number of H-pyrrole nitrogens is 1. The van der Waals surface area contributed by atoms with E-state index in [2.05, 4.69) is 10.3 Å². The largest absolute Gasteiger partial charge is 0.455 e. The fourth-order valence-corrected chi connectivity index (χ4v) is 4.22. The van der Waals surface area contributed by atoms with Crippen LogP contribution in [-0.4, -0.2) is 41.2 Å². The molecule has 7 heteroatoms. The molecule has 1 heterocycles. The summed E-state index contributed by atoms with van der Waals surface area (Å²) in [7, 11) is 1.59. The molecule has 0 saturated heterocycles. The standard InChI is InChI=1S/C26H31ClN2O4/c1-16(2)11-19(25(31)28-3)15-23(30)24(12-17-7-5-4-6-8-17)33-26(32)22-14-18-13-20(27)9-10-21(18)29-22/h4-10,13-14,16,19,23-24,29-30H,11-12,15H2,1-3H3,(H,28,31)/t19-,23+,24+/m1/s1. The molecule has 0 bridgehead atoms. The minimum absolute atomic E-state index is 0.125. The van der Waals surface area contributed by atoms with Gasteiger partial charge in [0.15, 0.2) is 0 Å². The number of aromatic amines is 1. The van der Waals surface area contributed by atoms with Crippen molar-refractivity contribution >= 4 is 34.4 Å². The maximum absolute atomic E-state index is 13.0. The second kappa shape index (κ2) is 11.3. The Balaban J connectivity index is 1.81. The second-order valence-electron chi connectivity index (χ2n) is 8.79. The molecule has 0 aliphatic rings. The average molecular weight is 471 g/mol. The normalized spacial score (nSPS) is 14.1. The molecule has 3 aromatic rings. The Morgan fingerprint density at radius 1 is 1.09 bits per heavy atom. The first-order valence-corrected chi connectivity index (χ1v) is 11.6. The van der Waals surface area contributed by atoms with Crippen LogP contribution in [-0.2, 0) is 16.0 Å². The van der Waals surface area contributed by atoms with Gasteiger partial charge in [0.05, 0.1) is 6.10 Å². The predicted molar refractivity (Wildman–Crippen MR) is 130 cm³/mol. The Hall–Kier alpha value is -2.83. The quantitative estimate of drug-likeness (QED) is 0.373. The van der Waals surface area contributed by atoms with Crippen LogP contribution in [0.25, 0.3) is 10.9 Å². The summed E-state index contributed by atoms with van der Waals surface area (Å²) in [5, 5.41) is 15.1. The molecule has 2 aromatic carbocycles. The van der Waals surface area contributed by atoms with Crippen molar-refractivity contribution in [3.63, 3.8) is 0 Å². The van der Waals surface area contributed by atoms with E-state index in [9.17, 15) is 14.7 Å². The van der Waals surface area contributed by atoms with Crippen LogP contribution >= 0.6 is 11.6 Å². The highest BCUT2D eigenvalue weighted by Crippen LogP contribution is 2.24. The average Bonchev–Trinajstić information content (AvgIpc) is 3.21. The summed E-state index contributed by atoms with van der Waals surface area (Å²) in [5.41, 5.74) is 1.98. The number of nitrogens with one attached hydrogen (secondary N) is 2. The molecule has 3 N–H and O–H groups in total. The number of aliphatic hydroxyl groups is 1. The third-order valence-electron chi connectivity index (χ3n) is 5.67. The Kier molecular flexibility index (Phi) is 8.53. The van der Waals surface area contributed by atoms with E-state index in [-0.39, 0.29) is 29.9 Å². The van der Waals surface area contributed by atoms with Gasteiger partial charge in [-0.15, -0.1) is 0 Å². The zero-order chi connectivity index (χ0) is 24.0. The Morgan fingerprint density at radius 2 is 1.82 bits per heavy atom. The molecule has 0 spiro atoms. The van der Waals surface area contributed by atoms with E-state index in [1.807, 2.05) is 44.2 Å². The molecule has 3 rings (SSSR count). The van der Waals surface area contributed by atoms with Crippen LogP contribution in [0.3, 0.4) is 0 Å². The lowest BCUT2D eigenvalue weighted by molar-refractivity contribution is -0.126. The van der Waals surface area contributed by atoms with Crippen molar-refractivity contribution in [2.75, 3.05) is 7.05 Å². The summed E-state index contributed by atoms with van der Waals surface area (Å²) in [4.78, 5) is 28.4. The molecular formula is C26H31ClN2O4. The molecule has 3 atom stereocenters. The van der Waals surface area contributed by atoms with Crippen molar-refractivity contribution in [1.29, 1.82) is 0 Å². The summed E-state index contributed by atoms with van der Waals surface area (Å²) in [6.07, 6.45) is -0.651. The molecule has 0 radical (unpaired) electrons. The minimum Gasteiger partial charge on any atom is -0.455 e. The maximum Gasteiger partial charge on any atom is 0.355 e. The number of amides is 1. The molecule has 33 heavy (non-hydrogen) atoms. The third-order valence-corrected chi connectivity index (χ3v) is 5.90. The van der Waals surface area contributed by atoms with E-state index in [0.29, 0.717) is 17.9 Å². The first-order valence-electron chi connectivity index (χ1n) is 11.2. The van der Waals surface area contributed by atoms with Crippen molar-refractivity contribution in [3.05, 3.63) is 70.9 Å². The highest BCUT2D eigenvalue weighted by molar-refractivity contribution is 6.31. The van der Waals surface area contributed by atoms with E-state index in [1.165, 1.54) is 0 Å². The van der Waals surface area contributed by atoms with Crippen LogP contribution in [0, 0.1) is 11.8 Å². The lowest BCUT2D eigenvalue weighted by atomic mass is 9.88. The number of benzene rings is 2. The molecule has 0 aliphatic carbocycles. The zero-order valence-electron chi connectivity index (χ0n) is 19.2. The topological polar surface area (TPSA) is 91.4 Å². The van der Waals surface area contributed by atoms with E-state index in [0.717, 1.165) is 16.5 Å². The van der Waals surface area contributed by atoms with Gasteiger partial charge in [-0.25, -0.2) is 4.79 Å². The summed E-state index contributed by atoms with van der Waals surface area (Å²) in [6.45, 7) is 4.07. The zero-order valence-corrected chi connectivity index (χ0v) is 19.9. The third kappa shape index (κ3) is 6.83. The van der Waals surface area contributed by atoms with Gasteiger partial charge in [0, 0.05) is 35.3 Å². The molecule has 176 valence electrons. The number of fused-ring (bicyclic) bond motifs is 1. The smallest absolute Gasteiger partial charge is 0.355 e. The van der Waals surface area contributed by atoms with E-state index in [4.69, 9.17) is 16.3 Å². The number of aromatic nitrogens is 1. The van der Waals surface area contributed by atoms with Crippen LogP contribution in [0.4, 0.5) is 0 Å². The fourth-order valence-electron chi connectivity index (χ4n) is 4.04. The van der Waals surface area contributed by atoms with Crippen molar-refractivity contribution in [2.45, 2.75) is 45.3 Å². The van der Waals surface area contributed by atoms with Crippen LogP contribution in [0.1, 0.15) is 42.7 Å². The van der Waals surface area contributed by atoms with Crippen molar-refractivity contribution in [2.24, 2.45) is 11.8 Å². The van der Waals surface area contributed by atoms with Crippen molar-refractivity contribution in [1.82, 2.24) is 10.3 Å². The van der Waals surface area contributed by atoms with Crippen molar-refractivity contribution < 1.29 is 19.4 Å².